The van der Waals surface area contributed by atoms with Crippen molar-refractivity contribution in [2.75, 3.05) is 32.7 Å². The summed E-state index contributed by atoms with van der Waals surface area (Å²) in [5, 5.41) is 58.2. The Balaban J connectivity index is 2.11. The average molecular weight is 1150 g/mol. The summed E-state index contributed by atoms with van der Waals surface area (Å²) in [6, 6.07) is 1.58. The molecule has 2 aromatic rings. The van der Waals surface area contributed by atoms with Gasteiger partial charge < -0.3 is 96.7 Å². The number of nitrogens with two attached hydrogens (primary N) is 4. The fraction of sp³-hybridized carbons (Fsp3) is 0.566. The molecule has 29 heteroatoms. The SMILES string of the molecule is CC(C)C[C@@H]1NC(=O)[C@@H](Cc2ccccc2)NC(=O)[C@H](CCN)NC(=O)[C@@H](NC(=O)[C@H](CCN)NC(=O)[C@@H](NC(=O)[C@H](Cc2ccccc2)NC(=O)O)[C@@H](C)O)CCNC(=O)[C@H]([C@@H](C)O)NC(=O)[C@H](CCN)NC(=O)[C@H](CCN)NC1=O. The molecule has 0 bridgehead atoms. The van der Waals surface area contributed by atoms with Gasteiger partial charge in [0.05, 0.1) is 12.2 Å². The van der Waals surface area contributed by atoms with Gasteiger partial charge in [-0.1, -0.05) is 74.5 Å². The van der Waals surface area contributed by atoms with E-state index in [1.165, 1.54) is 6.92 Å². The minimum absolute atomic E-state index is 0.0376. The normalized spacial score (nSPS) is 22.8. The van der Waals surface area contributed by atoms with Crippen LogP contribution in [0, 0.1) is 5.92 Å². The van der Waals surface area contributed by atoms with Gasteiger partial charge in [0, 0.05) is 19.4 Å². The van der Waals surface area contributed by atoms with E-state index in [0.717, 1.165) is 6.92 Å². The molecule has 0 radical (unpaired) electrons. The number of rotatable bonds is 23. The van der Waals surface area contributed by atoms with Crippen LogP contribution in [0.1, 0.15) is 77.3 Å². The van der Waals surface area contributed by atoms with E-state index < -0.39 is 151 Å². The zero-order valence-electron chi connectivity index (χ0n) is 46.6. The van der Waals surface area contributed by atoms with Crippen molar-refractivity contribution in [2.45, 2.75) is 152 Å². The number of carboxylic acid groups (broad SMARTS) is 1. The third kappa shape index (κ3) is 23.0. The maximum atomic E-state index is 14.5. The molecule has 0 spiro atoms. The highest BCUT2D eigenvalue weighted by Gasteiger charge is 2.37. The van der Waals surface area contributed by atoms with Crippen LogP contribution in [-0.4, -0.2) is 186 Å². The molecule has 1 saturated heterocycles. The smallest absolute Gasteiger partial charge is 0.405 e. The van der Waals surface area contributed by atoms with Crippen LogP contribution in [0.25, 0.3) is 0 Å². The van der Waals surface area contributed by atoms with Crippen molar-refractivity contribution in [3.05, 3.63) is 71.8 Å². The van der Waals surface area contributed by atoms with E-state index in [9.17, 15) is 68.1 Å². The molecule has 0 aromatic heterocycles. The van der Waals surface area contributed by atoms with Gasteiger partial charge in [-0.05, 0) is 95.6 Å². The first kappa shape index (κ1) is 68.4. The van der Waals surface area contributed by atoms with Crippen LogP contribution < -0.4 is 81.4 Å². The molecule has 29 nitrogen and oxygen atoms in total. The molecule has 454 valence electrons. The van der Waals surface area contributed by atoms with Crippen LogP contribution in [0.15, 0.2) is 60.7 Å². The van der Waals surface area contributed by atoms with Crippen LogP contribution in [-0.2, 0) is 60.8 Å². The van der Waals surface area contributed by atoms with Gasteiger partial charge in [0.1, 0.15) is 60.4 Å². The Morgan fingerprint density at radius 2 is 1.02 bits per heavy atom. The molecule has 22 N–H and O–H groups in total. The molecule has 0 saturated carbocycles. The molecule has 82 heavy (non-hydrogen) atoms. The monoisotopic (exact) mass is 1150 g/mol. The Bertz CT molecular complexity index is 2460. The van der Waals surface area contributed by atoms with E-state index in [1.807, 2.05) is 0 Å². The lowest BCUT2D eigenvalue weighted by molar-refractivity contribution is -0.136. The van der Waals surface area contributed by atoms with Gasteiger partial charge in [-0.2, -0.15) is 0 Å². The summed E-state index contributed by atoms with van der Waals surface area (Å²) in [7, 11) is 0. The Kier molecular flexibility index (Phi) is 29.3. The molecular formula is C53H83N15O14. The summed E-state index contributed by atoms with van der Waals surface area (Å²) in [5.74, 6) is -9.88. The first-order chi connectivity index (χ1) is 38.9. The first-order valence-electron chi connectivity index (χ1n) is 27.2. The Morgan fingerprint density at radius 3 is 1.51 bits per heavy atom. The number of amides is 11. The third-order valence-corrected chi connectivity index (χ3v) is 13.0. The first-order valence-corrected chi connectivity index (χ1v) is 27.2. The van der Waals surface area contributed by atoms with Gasteiger partial charge in [-0.3, -0.25) is 47.9 Å². The molecule has 12 atom stereocenters. The second kappa shape index (κ2) is 35.1. The molecule has 1 fully saturated rings. The van der Waals surface area contributed by atoms with E-state index >= 15 is 0 Å². The number of carbonyl (C=O) groups is 11. The maximum Gasteiger partial charge on any atom is 0.405 e. The number of hydrogen-bond donors (Lipinski definition) is 18. The number of carbonyl (C=O) groups excluding carboxylic acids is 10. The molecule has 1 aliphatic rings. The van der Waals surface area contributed by atoms with Crippen LogP contribution in [0.4, 0.5) is 4.79 Å². The topological polar surface area (TPSA) is 485 Å². The molecule has 0 unspecified atom stereocenters. The van der Waals surface area contributed by atoms with Crippen molar-refractivity contribution < 1.29 is 68.1 Å². The minimum atomic E-state index is -1.78. The van der Waals surface area contributed by atoms with E-state index in [4.69, 9.17) is 22.9 Å². The average Bonchev–Trinajstić information content (AvgIpc) is 3.42. The number of aliphatic hydroxyl groups excluding tert-OH is 2. The van der Waals surface area contributed by atoms with Gasteiger partial charge in [0.15, 0.2) is 0 Å². The van der Waals surface area contributed by atoms with Gasteiger partial charge >= 0.3 is 6.09 Å². The third-order valence-electron chi connectivity index (χ3n) is 13.0. The zero-order valence-corrected chi connectivity index (χ0v) is 46.6. The number of aliphatic hydroxyl groups is 2. The highest BCUT2D eigenvalue weighted by molar-refractivity contribution is 5.99. The standard InChI is InChI=1S/C53H83N15O14/c1-28(2)25-38-48(76)61-33(15-20-54)43(71)60-36(18-23-57)47(75)67-41(29(3)69)51(79)58-24-19-37(46(74)59-34(16-21-55)45(73)65-39(49(77)64-38)26-31-11-7-5-8-12-31)62-44(72)35(17-22-56)63-52(80)42(30(4)70)68-50(78)40(66-53(81)82)27-32-13-9-6-10-14-32/h5-14,28-30,33-42,66,69-70H,15-27,54-57H2,1-4H3,(H,58,79)(H,59,74)(H,60,71)(H,61,76)(H,62,72)(H,63,80)(H,64,77)(H,65,73)(H,67,75)(H,68,78)(H,81,82)/t29-,30-,33+,34+,35+,36+,37+,38+,39-,40+,41+,42+/m1/s1. The summed E-state index contributed by atoms with van der Waals surface area (Å²) in [6.45, 7) is 4.68. The minimum Gasteiger partial charge on any atom is -0.465 e. The van der Waals surface area contributed by atoms with Crippen molar-refractivity contribution in [2.24, 2.45) is 28.9 Å². The molecule has 2 aromatic carbocycles. The fourth-order valence-corrected chi connectivity index (χ4v) is 8.64. The second-order valence-electron chi connectivity index (χ2n) is 20.3. The zero-order chi connectivity index (χ0) is 61.1. The van der Waals surface area contributed by atoms with Gasteiger partial charge in [-0.15, -0.1) is 0 Å². The summed E-state index contributed by atoms with van der Waals surface area (Å²) in [5.41, 5.74) is 24.6. The molecule has 1 aliphatic heterocycles. The summed E-state index contributed by atoms with van der Waals surface area (Å²) < 4.78 is 0. The van der Waals surface area contributed by atoms with Gasteiger partial charge in [0.2, 0.25) is 59.1 Å². The lowest BCUT2D eigenvalue weighted by Gasteiger charge is -2.29. The molecule has 0 aliphatic carbocycles. The molecule has 1 heterocycles. The lowest BCUT2D eigenvalue weighted by Crippen LogP contribution is -2.62. The van der Waals surface area contributed by atoms with E-state index in [1.54, 1.807) is 74.5 Å². The number of hydrogen-bond acceptors (Lipinski definition) is 17. The Hall–Kier alpha value is -7.83. The van der Waals surface area contributed by atoms with Crippen LogP contribution in [0.3, 0.4) is 0 Å². The van der Waals surface area contributed by atoms with Crippen LogP contribution in [0.5, 0.6) is 0 Å². The predicted octanol–water partition coefficient (Wildman–Crippen LogP) is -5.81. The lowest BCUT2D eigenvalue weighted by atomic mass is 10.00. The van der Waals surface area contributed by atoms with Crippen molar-refractivity contribution in [1.29, 1.82) is 0 Å². The van der Waals surface area contributed by atoms with Crippen molar-refractivity contribution in [3.63, 3.8) is 0 Å². The predicted molar refractivity (Wildman–Crippen MR) is 298 cm³/mol. The Labute approximate surface area is 475 Å². The largest absolute Gasteiger partial charge is 0.465 e. The van der Waals surface area contributed by atoms with E-state index in [-0.39, 0.29) is 77.0 Å². The number of benzene rings is 2. The summed E-state index contributed by atoms with van der Waals surface area (Å²) in [6.07, 6.45) is -6.36. The molecule has 3 rings (SSSR count). The van der Waals surface area contributed by atoms with Gasteiger partial charge in [0.25, 0.3) is 0 Å². The highest BCUT2D eigenvalue weighted by atomic mass is 16.4. The number of nitrogens with one attached hydrogen (secondary N) is 11. The second-order valence-corrected chi connectivity index (χ2v) is 20.3. The van der Waals surface area contributed by atoms with Crippen molar-refractivity contribution in [3.8, 4) is 0 Å². The fourth-order valence-electron chi connectivity index (χ4n) is 8.64. The van der Waals surface area contributed by atoms with Crippen LogP contribution in [0.2, 0.25) is 0 Å². The van der Waals surface area contributed by atoms with E-state index in [0.29, 0.717) is 11.1 Å². The highest BCUT2D eigenvalue weighted by Crippen LogP contribution is 2.12. The quantitative estimate of drug-likeness (QED) is 0.0493. The summed E-state index contributed by atoms with van der Waals surface area (Å²) in [4.78, 5) is 152. The van der Waals surface area contributed by atoms with Crippen molar-refractivity contribution in [1.82, 2.24) is 58.5 Å². The summed E-state index contributed by atoms with van der Waals surface area (Å²) >= 11 is 0. The molecule has 11 amide bonds. The Morgan fingerprint density at radius 1 is 0.549 bits per heavy atom. The van der Waals surface area contributed by atoms with Gasteiger partial charge in [-0.25, -0.2) is 4.79 Å². The molecular weight excluding hydrogens is 1070 g/mol. The van der Waals surface area contributed by atoms with Crippen molar-refractivity contribution >= 4 is 65.2 Å². The maximum absolute atomic E-state index is 14.5. The van der Waals surface area contributed by atoms with Crippen LogP contribution >= 0.6 is 0 Å². The van der Waals surface area contributed by atoms with E-state index in [2.05, 4.69) is 58.5 Å².